The molecule has 94 valence electrons. The lowest BCUT2D eigenvalue weighted by Crippen LogP contribution is -2.46. The molecule has 5 heteroatoms. The summed E-state index contributed by atoms with van der Waals surface area (Å²) in [5.41, 5.74) is -0.763. The Morgan fingerprint density at radius 1 is 1.29 bits per heavy atom. The number of carbonyl (C=O) groups is 1. The summed E-state index contributed by atoms with van der Waals surface area (Å²) in [5, 5.41) is 9.15. The largest absolute Gasteiger partial charge is 0.377 e. The Hall–Kier alpha value is -1.12. The van der Waals surface area contributed by atoms with Crippen molar-refractivity contribution in [3.8, 4) is 6.07 Å². The quantitative estimate of drug-likeness (QED) is 0.720. The zero-order valence-electron chi connectivity index (χ0n) is 10.3. The van der Waals surface area contributed by atoms with E-state index in [1.54, 1.807) is 19.1 Å². The van der Waals surface area contributed by atoms with Crippen molar-refractivity contribution >= 4 is 5.91 Å². The van der Waals surface area contributed by atoms with Crippen molar-refractivity contribution in [2.45, 2.75) is 31.5 Å². The Morgan fingerprint density at radius 2 is 1.82 bits per heavy atom. The highest BCUT2D eigenvalue weighted by atomic mass is 16.5. The number of amides is 1. The first kappa shape index (κ1) is 12.3. The summed E-state index contributed by atoms with van der Waals surface area (Å²) < 4.78 is 10.6. The third kappa shape index (κ3) is 1.92. The number of hydrogen-bond acceptors (Lipinski definition) is 4. The standard InChI is InChI=1S/C12H18N2O3/c1-16-9-6-14(7-10(9)17-2)11(15)12(8-13)4-3-5-12/h9-10H,3-7H2,1-2H3. The van der Waals surface area contributed by atoms with Gasteiger partial charge in [-0.15, -0.1) is 0 Å². The minimum Gasteiger partial charge on any atom is -0.377 e. The Labute approximate surface area is 101 Å². The summed E-state index contributed by atoms with van der Waals surface area (Å²) in [7, 11) is 3.24. The SMILES string of the molecule is COC1CN(C(=O)C2(C#N)CCC2)CC1OC. The van der Waals surface area contributed by atoms with E-state index in [9.17, 15) is 4.79 Å². The minimum absolute atomic E-state index is 0.0483. The molecule has 0 N–H and O–H groups in total. The van der Waals surface area contributed by atoms with Crippen LogP contribution in [0.5, 0.6) is 0 Å². The highest BCUT2D eigenvalue weighted by Gasteiger charge is 2.49. The summed E-state index contributed by atoms with van der Waals surface area (Å²) in [4.78, 5) is 14.0. The van der Waals surface area contributed by atoms with E-state index in [0.29, 0.717) is 25.9 Å². The predicted molar refractivity (Wildman–Crippen MR) is 60.1 cm³/mol. The molecule has 5 nitrogen and oxygen atoms in total. The number of ether oxygens (including phenoxy) is 2. The van der Waals surface area contributed by atoms with Crippen molar-refractivity contribution in [1.82, 2.24) is 4.90 Å². The molecule has 1 amide bonds. The number of methoxy groups -OCH3 is 2. The first-order chi connectivity index (χ1) is 8.16. The van der Waals surface area contributed by atoms with Crippen molar-refractivity contribution in [1.29, 1.82) is 5.26 Å². The van der Waals surface area contributed by atoms with Gasteiger partial charge in [0.25, 0.3) is 0 Å². The summed E-state index contributed by atoms with van der Waals surface area (Å²) in [5.74, 6) is -0.0483. The van der Waals surface area contributed by atoms with Crippen LogP contribution in [0.4, 0.5) is 0 Å². The molecular formula is C12H18N2O3. The number of nitrogens with zero attached hydrogens (tertiary/aromatic N) is 2. The molecule has 0 bridgehead atoms. The molecule has 1 saturated heterocycles. The van der Waals surface area contributed by atoms with Crippen molar-refractivity contribution in [3.05, 3.63) is 0 Å². The Kier molecular flexibility index (Phi) is 3.36. The second-order valence-electron chi connectivity index (χ2n) is 4.81. The van der Waals surface area contributed by atoms with Crippen molar-refractivity contribution < 1.29 is 14.3 Å². The molecule has 1 saturated carbocycles. The lowest BCUT2D eigenvalue weighted by molar-refractivity contribution is -0.142. The highest BCUT2D eigenvalue weighted by molar-refractivity contribution is 5.86. The van der Waals surface area contributed by atoms with Crippen LogP contribution in [0, 0.1) is 16.7 Å². The molecule has 2 atom stereocenters. The maximum absolute atomic E-state index is 12.3. The lowest BCUT2D eigenvalue weighted by Gasteiger charge is -2.36. The van der Waals surface area contributed by atoms with Gasteiger partial charge in [-0.3, -0.25) is 4.79 Å². The van der Waals surface area contributed by atoms with Crippen LogP contribution < -0.4 is 0 Å². The zero-order chi connectivity index (χ0) is 12.5. The van der Waals surface area contributed by atoms with Gasteiger partial charge in [-0.2, -0.15) is 5.26 Å². The molecule has 0 aromatic carbocycles. The molecule has 1 aliphatic heterocycles. The van der Waals surface area contributed by atoms with Crippen LogP contribution in [0.2, 0.25) is 0 Å². The average Bonchev–Trinajstić information content (AvgIpc) is 2.71. The van der Waals surface area contributed by atoms with Gasteiger partial charge in [0.1, 0.15) is 17.6 Å². The highest BCUT2D eigenvalue weighted by Crippen LogP contribution is 2.42. The molecule has 2 aliphatic rings. The fraction of sp³-hybridized carbons (Fsp3) is 0.833. The van der Waals surface area contributed by atoms with E-state index in [1.807, 2.05) is 0 Å². The predicted octanol–water partition coefficient (Wildman–Crippen LogP) is 0.552. The smallest absolute Gasteiger partial charge is 0.243 e. The molecule has 0 radical (unpaired) electrons. The maximum atomic E-state index is 12.3. The van der Waals surface area contributed by atoms with Crippen LogP contribution in [-0.2, 0) is 14.3 Å². The summed E-state index contributed by atoms with van der Waals surface area (Å²) in [6.07, 6.45) is 2.18. The average molecular weight is 238 g/mol. The molecule has 1 aliphatic carbocycles. The van der Waals surface area contributed by atoms with Crippen LogP contribution in [0.3, 0.4) is 0 Å². The first-order valence-electron chi connectivity index (χ1n) is 5.93. The van der Waals surface area contributed by atoms with Crippen molar-refractivity contribution in [3.63, 3.8) is 0 Å². The van der Waals surface area contributed by atoms with Gasteiger partial charge in [0.05, 0.1) is 6.07 Å². The second kappa shape index (κ2) is 4.63. The van der Waals surface area contributed by atoms with Crippen molar-refractivity contribution in [2.24, 2.45) is 5.41 Å². The number of likely N-dealkylation sites (tertiary alicyclic amines) is 1. The van der Waals surface area contributed by atoms with Crippen LogP contribution >= 0.6 is 0 Å². The third-order valence-corrected chi connectivity index (χ3v) is 3.94. The van der Waals surface area contributed by atoms with Gasteiger partial charge in [0, 0.05) is 27.3 Å². The molecule has 0 aromatic heterocycles. The second-order valence-corrected chi connectivity index (χ2v) is 4.81. The molecule has 17 heavy (non-hydrogen) atoms. The zero-order valence-corrected chi connectivity index (χ0v) is 10.3. The molecule has 2 unspecified atom stereocenters. The normalized spacial score (nSPS) is 30.8. The van der Waals surface area contributed by atoms with Gasteiger partial charge in [0.2, 0.25) is 5.91 Å². The molecule has 0 aromatic rings. The molecule has 0 spiro atoms. The van der Waals surface area contributed by atoms with Gasteiger partial charge in [-0.25, -0.2) is 0 Å². The maximum Gasteiger partial charge on any atom is 0.243 e. The van der Waals surface area contributed by atoms with Crippen LogP contribution in [0.25, 0.3) is 0 Å². The summed E-state index contributed by atoms with van der Waals surface area (Å²) in [6, 6.07) is 2.18. The fourth-order valence-electron chi connectivity index (χ4n) is 2.57. The number of hydrogen-bond donors (Lipinski definition) is 0. The van der Waals surface area contributed by atoms with E-state index in [4.69, 9.17) is 14.7 Å². The van der Waals surface area contributed by atoms with Crippen LogP contribution in [0.1, 0.15) is 19.3 Å². The number of carbonyl (C=O) groups excluding carboxylic acids is 1. The monoisotopic (exact) mass is 238 g/mol. The van der Waals surface area contributed by atoms with Crippen molar-refractivity contribution in [2.75, 3.05) is 27.3 Å². The van der Waals surface area contributed by atoms with Crippen LogP contribution in [0.15, 0.2) is 0 Å². The lowest BCUT2D eigenvalue weighted by atomic mass is 9.69. The molecular weight excluding hydrogens is 220 g/mol. The topological polar surface area (TPSA) is 62.6 Å². The summed E-state index contributed by atoms with van der Waals surface area (Å²) in [6.45, 7) is 1.05. The number of rotatable bonds is 3. The molecule has 1 heterocycles. The van der Waals surface area contributed by atoms with Gasteiger partial charge in [0.15, 0.2) is 0 Å². The van der Waals surface area contributed by atoms with E-state index in [-0.39, 0.29) is 18.1 Å². The fourth-order valence-corrected chi connectivity index (χ4v) is 2.57. The Balaban J connectivity index is 2.05. The van der Waals surface area contributed by atoms with E-state index in [2.05, 4.69) is 6.07 Å². The third-order valence-electron chi connectivity index (χ3n) is 3.94. The van der Waals surface area contributed by atoms with Gasteiger partial charge in [-0.05, 0) is 19.3 Å². The van der Waals surface area contributed by atoms with Gasteiger partial charge in [-0.1, -0.05) is 0 Å². The first-order valence-corrected chi connectivity index (χ1v) is 5.93. The summed E-state index contributed by atoms with van der Waals surface area (Å²) >= 11 is 0. The van der Waals surface area contributed by atoms with Gasteiger partial charge >= 0.3 is 0 Å². The molecule has 2 fully saturated rings. The minimum atomic E-state index is -0.763. The van der Waals surface area contributed by atoms with Gasteiger partial charge < -0.3 is 14.4 Å². The van der Waals surface area contributed by atoms with E-state index >= 15 is 0 Å². The Morgan fingerprint density at radius 3 is 2.12 bits per heavy atom. The Bertz CT molecular complexity index is 334. The van der Waals surface area contributed by atoms with Crippen LogP contribution in [-0.4, -0.2) is 50.3 Å². The van der Waals surface area contributed by atoms with E-state index in [0.717, 1.165) is 6.42 Å². The van der Waals surface area contributed by atoms with E-state index in [1.165, 1.54) is 0 Å². The molecule has 2 rings (SSSR count). The number of nitriles is 1. The van der Waals surface area contributed by atoms with E-state index < -0.39 is 5.41 Å².